The van der Waals surface area contributed by atoms with Crippen LogP contribution in [0.15, 0.2) is 41.4 Å². The van der Waals surface area contributed by atoms with Gasteiger partial charge in [-0.1, -0.05) is 32.0 Å². The topological polar surface area (TPSA) is 85.1 Å². The second-order valence-corrected chi connectivity index (χ2v) is 6.90. The third-order valence-corrected chi connectivity index (χ3v) is 4.57. The van der Waals surface area contributed by atoms with Crippen molar-refractivity contribution < 1.29 is 8.42 Å². The predicted molar refractivity (Wildman–Crippen MR) is 84.7 cm³/mol. The molecule has 0 atom stereocenters. The summed E-state index contributed by atoms with van der Waals surface area (Å²) >= 11 is 0. The number of hydrogen-bond donors (Lipinski definition) is 2. The Labute approximate surface area is 125 Å². The SMILES string of the molecule is Cc1cccc(C(C)C)c1NS(=O)(=O)c1ccnc(N)c1. The number of benzene rings is 1. The van der Waals surface area contributed by atoms with Crippen molar-refractivity contribution in [1.82, 2.24) is 4.98 Å². The van der Waals surface area contributed by atoms with Crippen LogP contribution >= 0.6 is 0 Å². The molecular weight excluding hydrogens is 286 g/mol. The molecular formula is C15H19N3O2S. The summed E-state index contributed by atoms with van der Waals surface area (Å²) in [6.07, 6.45) is 1.38. The monoisotopic (exact) mass is 305 g/mol. The number of aromatic nitrogens is 1. The van der Waals surface area contributed by atoms with E-state index >= 15 is 0 Å². The Balaban J connectivity index is 2.47. The first kappa shape index (κ1) is 15.3. The van der Waals surface area contributed by atoms with Crippen LogP contribution in [0.1, 0.15) is 30.9 Å². The van der Waals surface area contributed by atoms with Crippen molar-refractivity contribution in [3.8, 4) is 0 Å². The molecule has 6 heteroatoms. The lowest BCUT2D eigenvalue weighted by atomic mass is 9.99. The molecule has 0 aliphatic heterocycles. The summed E-state index contributed by atoms with van der Waals surface area (Å²) in [5, 5.41) is 0. The lowest BCUT2D eigenvalue weighted by Crippen LogP contribution is -2.16. The minimum atomic E-state index is -3.68. The first-order valence-corrected chi connectivity index (χ1v) is 8.13. The second kappa shape index (κ2) is 5.73. The summed E-state index contributed by atoms with van der Waals surface area (Å²) < 4.78 is 27.6. The van der Waals surface area contributed by atoms with Crippen LogP contribution in [0.4, 0.5) is 11.5 Å². The highest BCUT2D eigenvalue weighted by Crippen LogP contribution is 2.29. The van der Waals surface area contributed by atoms with Gasteiger partial charge >= 0.3 is 0 Å². The van der Waals surface area contributed by atoms with E-state index in [-0.39, 0.29) is 16.6 Å². The summed E-state index contributed by atoms with van der Waals surface area (Å²) in [5.74, 6) is 0.386. The fourth-order valence-corrected chi connectivity index (χ4v) is 3.28. The van der Waals surface area contributed by atoms with E-state index in [9.17, 15) is 8.42 Å². The van der Waals surface area contributed by atoms with E-state index in [0.717, 1.165) is 11.1 Å². The Kier molecular flexibility index (Phi) is 4.18. The third kappa shape index (κ3) is 3.33. The lowest BCUT2D eigenvalue weighted by Gasteiger charge is -2.17. The molecule has 5 nitrogen and oxygen atoms in total. The number of nitrogens with two attached hydrogens (primary N) is 1. The Morgan fingerprint density at radius 1 is 1.24 bits per heavy atom. The van der Waals surface area contributed by atoms with Crippen LogP contribution in [-0.2, 0) is 10.0 Å². The molecule has 0 amide bonds. The summed E-state index contributed by atoms with van der Waals surface area (Å²) in [5.41, 5.74) is 8.02. The van der Waals surface area contributed by atoms with Crippen molar-refractivity contribution in [1.29, 1.82) is 0 Å². The van der Waals surface area contributed by atoms with Crippen LogP contribution in [0.25, 0.3) is 0 Å². The average Bonchev–Trinajstić information content (AvgIpc) is 2.40. The quantitative estimate of drug-likeness (QED) is 0.909. The number of nitrogen functional groups attached to an aromatic ring is 1. The largest absolute Gasteiger partial charge is 0.384 e. The van der Waals surface area contributed by atoms with Crippen molar-refractivity contribution in [2.45, 2.75) is 31.6 Å². The summed E-state index contributed by atoms with van der Waals surface area (Å²) in [4.78, 5) is 3.91. The van der Waals surface area contributed by atoms with Crippen LogP contribution in [-0.4, -0.2) is 13.4 Å². The van der Waals surface area contributed by atoms with Crippen molar-refractivity contribution >= 4 is 21.5 Å². The number of rotatable bonds is 4. The van der Waals surface area contributed by atoms with Gasteiger partial charge in [-0.05, 0) is 30.0 Å². The molecule has 0 fully saturated rings. The van der Waals surface area contributed by atoms with Gasteiger partial charge in [0.05, 0.1) is 10.6 Å². The molecule has 112 valence electrons. The van der Waals surface area contributed by atoms with Crippen LogP contribution in [0, 0.1) is 6.92 Å². The average molecular weight is 305 g/mol. The second-order valence-electron chi connectivity index (χ2n) is 5.22. The van der Waals surface area contributed by atoms with Crippen LogP contribution in [0.2, 0.25) is 0 Å². The van der Waals surface area contributed by atoms with Crippen molar-refractivity contribution in [3.05, 3.63) is 47.7 Å². The smallest absolute Gasteiger partial charge is 0.262 e. The van der Waals surface area contributed by atoms with Gasteiger partial charge in [0.25, 0.3) is 10.0 Å². The fraction of sp³-hybridized carbons (Fsp3) is 0.267. The molecule has 1 aromatic carbocycles. The van der Waals surface area contributed by atoms with Gasteiger partial charge in [0.1, 0.15) is 5.82 Å². The zero-order valence-corrected chi connectivity index (χ0v) is 13.1. The number of para-hydroxylation sites is 1. The summed E-state index contributed by atoms with van der Waals surface area (Å²) in [6, 6.07) is 8.50. The minimum absolute atomic E-state index is 0.105. The molecule has 0 spiro atoms. The molecule has 0 unspecified atom stereocenters. The van der Waals surface area contributed by atoms with E-state index in [1.807, 2.05) is 39.0 Å². The van der Waals surface area contributed by atoms with Gasteiger partial charge in [-0.15, -0.1) is 0 Å². The predicted octanol–water partition coefficient (Wildman–Crippen LogP) is 2.90. The number of nitrogens with zero attached hydrogens (tertiary/aromatic N) is 1. The maximum absolute atomic E-state index is 12.5. The summed E-state index contributed by atoms with van der Waals surface area (Å²) in [6.45, 7) is 5.93. The van der Waals surface area contributed by atoms with Crippen molar-refractivity contribution in [3.63, 3.8) is 0 Å². The maximum Gasteiger partial charge on any atom is 0.262 e. The minimum Gasteiger partial charge on any atom is -0.384 e. The molecule has 0 saturated carbocycles. The Hall–Kier alpha value is -2.08. The molecule has 1 heterocycles. The number of anilines is 2. The van der Waals surface area contributed by atoms with E-state index < -0.39 is 10.0 Å². The molecule has 0 saturated heterocycles. The van der Waals surface area contributed by atoms with Crippen LogP contribution in [0.3, 0.4) is 0 Å². The van der Waals surface area contributed by atoms with Crippen molar-refractivity contribution in [2.24, 2.45) is 0 Å². The van der Waals surface area contributed by atoms with Crippen LogP contribution < -0.4 is 10.5 Å². The Morgan fingerprint density at radius 3 is 2.57 bits per heavy atom. The standard InChI is InChI=1S/C15H19N3O2S/c1-10(2)13-6-4-5-11(3)15(13)18-21(19,20)12-7-8-17-14(16)9-12/h4-10,18H,1-3H3,(H2,16,17). The molecule has 0 aliphatic rings. The van der Waals surface area contributed by atoms with E-state index in [2.05, 4.69) is 9.71 Å². The van der Waals surface area contributed by atoms with Gasteiger partial charge in [-0.3, -0.25) is 4.72 Å². The van der Waals surface area contributed by atoms with Gasteiger partial charge in [-0.2, -0.15) is 0 Å². The van der Waals surface area contributed by atoms with E-state index in [4.69, 9.17) is 5.73 Å². The molecule has 0 bridgehead atoms. The summed E-state index contributed by atoms with van der Waals surface area (Å²) in [7, 11) is -3.68. The van der Waals surface area contributed by atoms with Crippen molar-refractivity contribution in [2.75, 3.05) is 10.5 Å². The molecule has 2 rings (SSSR count). The van der Waals surface area contributed by atoms with E-state index in [1.54, 1.807) is 0 Å². The van der Waals surface area contributed by atoms with Gasteiger partial charge in [-0.25, -0.2) is 13.4 Å². The van der Waals surface area contributed by atoms with Gasteiger partial charge < -0.3 is 5.73 Å². The van der Waals surface area contributed by atoms with Gasteiger partial charge in [0.2, 0.25) is 0 Å². The molecule has 0 radical (unpaired) electrons. The first-order chi connectivity index (χ1) is 9.81. The molecule has 3 N–H and O–H groups in total. The zero-order valence-electron chi connectivity index (χ0n) is 12.3. The highest BCUT2D eigenvalue weighted by atomic mass is 32.2. The van der Waals surface area contributed by atoms with E-state index in [0.29, 0.717) is 5.69 Å². The number of aryl methyl sites for hydroxylation is 1. The Morgan fingerprint density at radius 2 is 1.95 bits per heavy atom. The number of sulfonamides is 1. The van der Waals surface area contributed by atoms with Gasteiger partial charge in [0, 0.05) is 12.3 Å². The number of nitrogens with one attached hydrogen (secondary N) is 1. The maximum atomic E-state index is 12.5. The molecule has 0 aliphatic carbocycles. The lowest BCUT2D eigenvalue weighted by molar-refractivity contribution is 0.601. The molecule has 21 heavy (non-hydrogen) atoms. The van der Waals surface area contributed by atoms with E-state index in [1.165, 1.54) is 18.3 Å². The number of pyridine rings is 1. The third-order valence-electron chi connectivity index (χ3n) is 3.23. The fourth-order valence-electron chi connectivity index (χ4n) is 2.10. The first-order valence-electron chi connectivity index (χ1n) is 6.65. The molecule has 2 aromatic rings. The highest BCUT2D eigenvalue weighted by molar-refractivity contribution is 7.92. The Bertz CT molecular complexity index is 755. The van der Waals surface area contributed by atoms with Gasteiger partial charge in [0.15, 0.2) is 0 Å². The number of hydrogen-bond acceptors (Lipinski definition) is 4. The highest BCUT2D eigenvalue weighted by Gasteiger charge is 2.18. The van der Waals surface area contributed by atoms with Crippen LogP contribution in [0.5, 0.6) is 0 Å². The zero-order chi connectivity index (χ0) is 15.6. The molecule has 1 aromatic heterocycles. The normalized spacial score (nSPS) is 11.6.